The topological polar surface area (TPSA) is 71.2 Å². The third kappa shape index (κ3) is 2.56. The number of aromatic nitrogens is 4. The molecule has 126 valence electrons. The summed E-state index contributed by atoms with van der Waals surface area (Å²) in [5.41, 5.74) is 1.16. The summed E-state index contributed by atoms with van der Waals surface area (Å²) in [5.74, 6) is 4.73. The lowest BCUT2D eigenvalue weighted by atomic mass is 10.0. The number of hydrogen-bond acceptors (Lipinski definition) is 7. The molecule has 3 fully saturated rings. The standard InChI is InChI=1S/C17H22N6O/c1-11-4-18-10-19-16(11)23-7-13-5-22(6-14(13)8-23)9-15-20-17(24-21-15)12-2-3-12/h4,10,12-14H,2-3,5-9H2,1H3. The molecule has 0 bridgehead atoms. The molecule has 3 aliphatic rings. The van der Waals surface area contributed by atoms with Crippen LogP contribution in [0.4, 0.5) is 5.82 Å². The number of hydrogen-bond donors (Lipinski definition) is 0. The molecule has 1 saturated carbocycles. The summed E-state index contributed by atoms with van der Waals surface area (Å²) in [5, 5.41) is 4.15. The number of nitrogens with zero attached hydrogens (tertiary/aromatic N) is 6. The van der Waals surface area contributed by atoms with Gasteiger partial charge in [-0.05, 0) is 31.6 Å². The Labute approximate surface area is 141 Å². The van der Waals surface area contributed by atoms with Gasteiger partial charge >= 0.3 is 0 Å². The molecule has 2 aromatic heterocycles. The van der Waals surface area contributed by atoms with Crippen molar-refractivity contribution in [3.05, 3.63) is 29.8 Å². The first kappa shape index (κ1) is 14.3. The van der Waals surface area contributed by atoms with Crippen LogP contribution in [0.2, 0.25) is 0 Å². The Morgan fingerprint density at radius 2 is 1.96 bits per heavy atom. The van der Waals surface area contributed by atoms with E-state index in [1.54, 1.807) is 6.33 Å². The van der Waals surface area contributed by atoms with Crippen molar-refractivity contribution in [2.75, 3.05) is 31.1 Å². The molecule has 0 amide bonds. The van der Waals surface area contributed by atoms with Crippen LogP contribution in [-0.2, 0) is 6.54 Å². The van der Waals surface area contributed by atoms with Gasteiger partial charge in [0.05, 0.1) is 6.54 Å². The van der Waals surface area contributed by atoms with E-state index in [9.17, 15) is 0 Å². The Balaban J connectivity index is 1.21. The molecule has 24 heavy (non-hydrogen) atoms. The van der Waals surface area contributed by atoms with Gasteiger partial charge in [-0.2, -0.15) is 4.98 Å². The summed E-state index contributed by atoms with van der Waals surface area (Å²) in [6.07, 6.45) is 5.95. The maximum Gasteiger partial charge on any atom is 0.229 e. The minimum atomic E-state index is 0.536. The van der Waals surface area contributed by atoms with Crippen molar-refractivity contribution in [2.45, 2.75) is 32.2 Å². The predicted molar refractivity (Wildman–Crippen MR) is 87.5 cm³/mol. The number of fused-ring (bicyclic) bond motifs is 1. The van der Waals surface area contributed by atoms with Crippen molar-refractivity contribution in [3.8, 4) is 0 Å². The van der Waals surface area contributed by atoms with Crippen LogP contribution < -0.4 is 4.90 Å². The molecule has 7 nitrogen and oxygen atoms in total. The highest BCUT2D eigenvalue weighted by molar-refractivity contribution is 5.46. The van der Waals surface area contributed by atoms with Crippen molar-refractivity contribution >= 4 is 5.82 Å². The molecule has 1 aliphatic carbocycles. The van der Waals surface area contributed by atoms with Gasteiger partial charge in [-0.1, -0.05) is 5.16 Å². The summed E-state index contributed by atoms with van der Waals surface area (Å²) in [6, 6.07) is 0. The molecular formula is C17H22N6O. The van der Waals surface area contributed by atoms with E-state index in [-0.39, 0.29) is 0 Å². The van der Waals surface area contributed by atoms with Crippen LogP contribution in [0.25, 0.3) is 0 Å². The van der Waals surface area contributed by atoms with Gasteiger partial charge in [0.2, 0.25) is 5.89 Å². The summed E-state index contributed by atoms with van der Waals surface area (Å²) >= 11 is 0. The SMILES string of the molecule is Cc1cncnc1N1CC2CN(Cc3noc(C4CC4)n3)CC2C1. The highest BCUT2D eigenvalue weighted by atomic mass is 16.5. The largest absolute Gasteiger partial charge is 0.356 e. The molecule has 2 aromatic rings. The second-order valence-electron chi connectivity index (χ2n) is 7.47. The molecule has 2 aliphatic heterocycles. The fourth-order valence-corrected chi connectivity index (χ4v) is 4.14. The number of anilines is 1. The molecular weight excluding hydrogens is 304 g/mol. The Morgan fingerprint density at radius 3 is 2.67 bits per heavy atom. The lowest BCUT2D eigenvalue weighted by Gasteiger charge is -2.22. The maximum atomic E-state index is 5.37. The molecule has 0 aromatic carbocycles. The zero-order valence-electron chi connectivity index (χ0n) is 13.9. The molecule has 0 spiro atoms. The number of aryl methyl sites for hydroxylation is 1. The van der Waals surface area contributed by atoms with Crippen LogP contribution in [0, 0.1) is 18.8 Å². The number of likely N-dealkylation sites (tertiary alicyclic amines) is 1. The Bertz CT molecular complexity index is 728. The Morgan fingerprint density at radius 1 is 1.17 bits per heavy atom. The smallest absolute Gasteiger partial charge is 0.229 e. The molecule has 2 atom stereocenters. The quantitative estimate of drug-likeness (QED) is 0.845. The molecule has 2 unspecified atom stereocenters. The monoisotopic (exact) mass is 326 g/mol. The minimum Gasteiger partial charge on any atom is -0.356 e. The van der Waals surface area contributed by atoms with Gasteiger partial charge in [0, 0.05) is 43.9 Å². The van der Waals surface area contributed by atoms with Crippen LogP contribution in [0.1, 0.15) is 36.0 Å². The Kier molecular flexibility index (Phi) is 3.29. The summed E-state index contributed by atoms with van der Waals surface area (Å²) in [6.45, 7) is 7.29. The van der Waals surface area contributed by atoms with Crippen LogP contribution in [0.15, 0.2) is 17.0 Å². The second-order valence-corrected chi connectivity index (χ2v) is 7.47. The normalized spacial score (nSPS) is 27.0. The van der Waals surface area contributed by atoms with Gasteiger partial charge in [-0.25, -0.2) is 9.97 Å². The third-order valence-corrected chi connectivity index (χ3v) is 5.50. The van der Waals surface area contributed by atoms with E-state index in [0.717, 1.165) is 55.8 Å². The van der Waals surface area contributed by atoms with Gasteiger partial charge in [-0.3, -0.25) is 4.90 Å². The van der Waals surface area contributed by atoms with Gasteiger partial charge in [0.1, 0.15) is 12.1 Å². The van der Waals surface area contributed by atoms with Gasteiger partial charge in [-0.15, -0.1) is 0 Å². The second kappa shape index (κ2) is 5.51. The van der Waals surface area contributed by atoms with Crippen molar-refractivity contribution < 1.29 is 4.52 Å². The van der Waals surface area contributed by atoms with Gasteiger partial charge < -0.3 is 9.42 Å². The minimum absolute atomic E-state index is 0.536. The number of rotatable bonds is 4. The van der Waals surface area contributed by atoms with E-state index in [2.05, 4.69) is 36.8 Å². The lowest BCUT2D eigenvalue weighted by molar-refractivity contribution is 0.291. The fraction of sp³-hybridized carbons (Fsp3) is 0.647. The predicted octanol–water partition coefficient (Wildman–Crippen LogP) is 1.61. The van der Waals surface area contributed by atoms with E-state index >= 15 is 0 Å². The van der Waals surface area contributed by atoms with E-state index in [1.165, 1.54) is 12.8 Å². The Hall–Kier alpha value is -2.02. The fourth-order valence-electron chi connectivity index (χ4n) is 4.14. The first-order chi connectivity index (χ1) is 11.8. The first-order valence-electron chi connectivity index (χ1n) is 8.82. The average molecular weight is 326 g/mol. The van der Waals surface area contributed by atoms with Crippen LogP contribution in [0.3, 0.4) is 0 Å². The zero-order valence-corrected chi connectivity index (χ0v) is 13.9. The molecule has 0 radical (unpaired) electrons. The van der Waals surface area contributed by atoms with Gasteiger partial charge in [0.25, 0.3) is 0 Å². The van der Waals surface area contributed by atoms with E-state index in [1.807, 2.05) is 6.20 Å². The summed E-state index contributed by atoms with van der Waals surface area (Å²) in [4.78, 5) is 18.0. The molecule has 2 saturated heterocycles. The third-order valence-electron chi connectivity index (χ3n) is 5.50. The average Bonchev–Trinajstić information content (AvgIpc) is 3.02. The summed E-state index contributed by atoms with van der Waals surface area (Å²) < 4.78 is 5.37. The van der Waals surface area contributed by atoms with Crippen molar-refractivity contribution in [2.24, 2.45) is 11.8 Å². The highest BCUT2D eigenvalue weighted by Gasteiger charge is 2.41. The molecule has 4 heterocycles. The van der Waals surface area contributed by atoms with E-state index < -0.39 is 0 Å². The van der Waals surface area contributed by atoms with Crippen molar-refractivity contribution in [3.63, 3.8) is 0 Å². The summed E-state index contributed by atoms with van der Waals surface area (Å²) in [7, 11) is 0. The first-order valence-corrected chi connectivity index (χ1v) is 8.82. The van der Waals surface area contributed by atoms with E-state index in [4.69, 9.17) is 4.52 Å². The van der Waals surface area contributed by atoms with Gasteiger partial charge in [0.15, 0.2) is 5.82 Å². The van der Waals surface area contributed by atoms with Crippen LogP contribution in [-0.4, -0.2) is 51.2 Å². The zero-order chi connectivity index (χ0) is 16.1. The van der Waals surface area contributed by atoms with Crippen LogP contribution >= 0.6 is 0 Å². The van der Waals surface area contributed by atoms with Crippen LogP contribution in [0.5, 0.6) is 0 Å². The molecule has 7 heteroatoms. The van der Waals surface area contributed by atoms with Crippen molar-refractivity contribution in [1.29, 1.82) is 0 Å². The molecule has 0 N–H and O–H groups in total. The van der Waals surface area contributed by atoms with Crippen molar-refractivity contribution in [1.82, 2.24) is 25.0 Å². The lowest BCUT2D eigenvalue weighted by Crippen LogP contribution is -2.29. The van der Waals surface area contributed by atoms with E-state index in [0.29, 0.717) is 17.8 Å². The highest BCUT2D eigenvalue weighted by Crippen LogP contribution is 2.39. The molecule has 5 rings (SSSR count). The maximum absolute atomic E-state index is 5.37.